The average Bonchev–Trinajstić information content (AvgIpc) is 2.52. The van der Waals surface area contributed by atoms with Crippen LogP contribution in [0.5, 0.6) is 0 Å². The van der Waals surface area contributed by atoms with Crippen molar-refractivity contribution in [3.8, 4) is 11.8 Å². The predicted molar refractivity (Wildman–Crippen MR) is 75.8 cm³/mol. The largest absolute Gasteiger partial charge is 0.384 e. The molecule has 0 bridgehead atoms. The number of nitrogens with one attached hydrogen (secondary N) is 1. The minimum atomic E-state index is -0.518. The second kappa shape index (κ2) is 7.17. The monoisotopic (exact) mass is 284 g/mol. The van der Waals surface area contributed by atoms with Crippen LogP contribution in [-0.4, -0.2) is 22.6 Å². The first-order valence-corrected chi connectivity index (χ1v) is 6.27. The maximum Gasteiger partial charge on any atom is 0.252 e. The van der Waals surface area contributed by atoms with Crippen molar-refractivity contribution >= 4 is 5.91 Å². The van der Waals surface area contributed by atoms with E-state index in [0.29, 0.717) is 5.56 Å². The average molecular weight is 284 g/mol. The van der Waals surface area contributed by atoms with Crippen LogP contribution >= 0.6 is 0 Å². The van der Waals surface area contributed by atoms with Gasteiger partial charge in [0.15, 0.2) is 0 Å². The molecular weight excluding hydrogens is 271 g/mol. The summed E-state index contributed by atoms with van der Waals surface area (Å²) in [5.41, 5.74) is 1.35. The summed E-state index contributed by atoms with van der Waals surface area (Å²) in [6.07, 6.45) is 3.28. The number of rotatable bonds is 3. The summed E-state index contributed by atoms with van der Waals surface area (Å²) in [6.45, 7) is -0.0375. The summed E-state index contributed by atoms with van der Waals surface area (Å²) in [6, 6.07) is 7.35. The zero-order valence-electron chi connectivity index (χ0n) is 11.1. The molecular formula is C16H13FN2O2. The van der Waals surface area contributed by atoms with Gasteiger partial charge in [-0.15, -0.1) is 0 Å². The number of hydrogen-bond acceptors (Lipinski definition) is 3. The highest BCUT2D eigenvalue weighted by Gasteiger charge is 2.11. The third kappa shape index (κ3) is 4.13. The summed E-state index contributed by atoms with van der Waals surface area (Å²) in [5, 5.41) is 11.4. The Bertz CT molecular complexity index is 690. The lowest BCUT2D eigenvalue weighted by atomic mass is 10.1. The number of benzene rings is 1. The second-order valence-electron chi connectivity index (χ2n) is 4.19. The summed E-state index contributed by atoms with van der Waals surface area (Å²) >= 11 is 0. The number of carbonyl (C=O) groups is 1. The van der Waals surface area contributed by atoms with Gasteiger partial charge in [0.25, 0.3) is 5.91 Å². The van der Waals surface area contributed by atoms with Gasteiger partial charge in [-0.2, -0.15) is 0 Å². The highest BCUT2D eigenvalue weighted by Crippen LogP contribution is 2.11. The quantitative estimate of drug-likeness (QED) is 0.840. The maximum atomic E-state index is 13.3. The SMILES string of the molecule is O=C(NCc1cccnc1)c1cc(F)ccc1C#CCO. The van der Waals surface area contributed by atoms with Crippen LogP contribution in [0, 0.1) is 17.7 Å². The Kier molecular flexibility index (Phi) is 5.02. The second-order valence-corrected chi connectivity index (χ2v) is 4.19. The van der Waals surface area contributed by atoms with Crippen molar-refractivity contribution in [1.29, 1.82) is 0 Å². The van der Waals surface area contributed by atoms with E-state index in [1.165, 1.54) is 12.1 Å². The van der Waals surface area contributed by atoms with Crippen LogP contribution in [0.2, 0.25) is 0 Å². The number of hydrogen-bond donors (Lipinski definition) is 2. The van der Waals surface area contributed by atoms with Gasteiger partial charge in [-0.3, -0.25) is 9.78 Å². The molecule has 2 N–H and O–H groups in total. The van der Waals surface area contributed by atoms with Gasteiger partial charge in [-0.1, -0.05) is 17.9 Å². The normalized spacial score (nSPS) is 9.62. The fourth-order valence-corrected chi connectivity index (χ4v) is 1.73. The molecule has 1 aromatic heterocycles. The molecule has 106 valence electrons. The molecule has 0 atom stereocenters. The van der Waals surface area contributed by atoms with Crippen LogP contribution in [0.1, 0.15) is 21.5 Å². The Balaban J connectivity index is 2.16. The van der Waals surface area contributed by atoms with Crippen LogP contribution in [0.15, 0.2) is 42.7 Å². The van der Waals surface area contributed by atoms with Gasteiger partial charge in [0.1, 0.15) is 12.4 Å². The van der Waals surface area contributed by atoms with Gasteiger partial charge < -0.3 is 10.4 Å². The molecule has 2 aromatic rings. The minimum Gasteiger partial charge on any atom is -0.384 e. The number of aromatic nitrogens is 1. The number of pyridine rings is 1. The van der Waals surface area contributed by atoms with Gasteiger partial charge in [-0.25, -0.2) is 4.39 Å². The van der Waals surface area contributed by atoms with Gasteiger partial charge in [-0.05, 0) is 29.8 Å². The van der Waals surface area contributed by atoms with Crippen molar-refractivity contribution < 1.29 is 14.3 Å². The Morgan fingerprint density at radius 2 is 2.24 bits per heavy atom. The number of aliphatic hydroxyl groups is 1. The summed E-state index contributed by atoms with van der Waals surface area (Å²) in [4.78, 5) is 16.1. The first-order chi connectivity index (χ1) is 10.2. The Morgan fingerprint density at radius 1 is 1.38 bits per heavy atom. The summed E-state index contributed by atoms with van der Waals surface area (Å²) in [5.74, 6) is 4.13. The van der Waals surface area contributed by atoms with Crippen molar-refractivity contribution in [2.45, 2.75) is 6.54 Å². The number of carbonyl (C=O) groups excluding carboxylic acids is 1. The molecule has 0 fully saturated rings. The van der Waals surface area contributed by atoms with Gasteiger partial charge in [0, 0.05) is 24.5 Å². The molecule has 5 heteroatoms. The summed E-state index contributed by atoms with van der Waals surface area (Å²) in [7, 11) is 0. The zero-order chi connectivity index (χ0) is 15.1. The third-order valence-corrected chi connectivity index (χ3v) is 2.70. The Morgan fingerprint density at radius 3 is 2.95 bits per heavy atom. The highest BCUT2D eigenvalue weighted by atomic mass is 19.1. The van der Waals surface area contributed by atoms with E-state index < -0.39 is 11.7 Å². The lowest BCUT2D eigenvalue weighted by molar-refractivity contribution is 0.0950. The molecule has 0 aliphatic rings. The van der Waals surface area contributed by atoms with Crippen LogP contribution < -0.4 is 5.32 Å². The first-order valence-electron chi connectivity index (χ1n) is 6.27. The molecule has 1 amide bonds. The van der Waals surface area contributed by atoms with Crippen molar-refractivity contribution in [2.24, 2.45) is 0 Å². The van der Waals surface area contributed by atoms with Crippen molar-refractivity contribution in [2.75, 3.05) is 6.61 Å². The van der Waals surface area contributed by atoms with E-state index in [1.54, 1.807) is 18.5 Å². The Labute approximate surface area is 121 Å². The predicted octanol–water partition coefficient (Wildman–Crippen LogP) is 1.49. The lowest BCUT2D eigenvalue weighted by Crippen LogP contribution is -2.24. The maximum absolute atomic E-state index is 13.3. The smallest absolute Gasteiger partial charge is 0.252 e. The minimum absolute atomic E-state index is 0.139. The van der Waals surface area contributed by atoms with Crippen molar-refractivity contribution in [1.82, 2.24) is 10.3 Å². The fourth-order valence-electron chi connectivity index (χ4n) is 1.73. The van der Waals surface area contributed by atoms with E-state index in [2.05, 4.69) is 22.1 Å². The first kappa shape index (κ1) is 14.7. The number of amides is 1. The molecule has 1 aromatic carbocycles. The topological polar surface area (TPSA) is 62.2 Å². The molecule has 2 rings (SSSR count). The summed E-state index contributed by atoms with van der Waals surface area (Å²) < 4.78 is 13.3. The zero-order valence-corrected chi connectivity index (χ0v) is 11.1. The molecule has 0 saturated carbocycles. The van der Waals surface area contributed by atoms with Crippen LogP contribution in [-0.2, 0) is 6.54 Å². The molecule has 0 aliphatic heterocycles. The Hall–Kier alpha value is -2.71. The van der Waals surface area contributed by atoms with Gasteiger partial charge >= 0.3 is 0 Å². The van der Waals surface area contributed by atoms with E-state index in [-0.39, 0.29) is 18.7 Å². The van der Waals surface area contributed by atoms with E-state index in [9.17, 15) is 9.18 Å². The van der Waals surface area contributed by atoms with Crippen molar-refractivity contribution in [3.05, 3.63) is 65.2 Å². The molecule has 0 saturated heterocycles. The fraction of sp³-hybridized carbons (Fsp3) is 0.125. The lowest BCUT2D eigenvalue weighted by Gasteiger charge is -2.07. The van der Waals surface area contributed by atoms with Gasteiger partial charge in [0.05, 0.1) is 5.56 Å². The van der Waals surface area contributed by atoms with Crippen LogP contribution in [0.25, 0.3) is 0 Å². The molecule has 4 nitrogen and oxygen atoms in total. The van der Waals surface area contributed by atoms with Crippen LogP contribution in [0.4, 0.5) is 4.39 Å². The van der Waals surface area contributed by atoms with Crippen LogP contribution in [0.3, 0.4) is 0 Å². The molecule has 0 unspecified atom stereocenters. The molecule has 0 spiro atoms. The third-order valence-electron chi connectivity index (χ3n) is 2.70. The molecule has 1 heterocycles. The van der Waals surface area contributed by atoms with E-state index in [0.717, 1.165) is 11.6 Å². The standard InChI is InChI=1S/C16H13FN2O2/c17-14-6-5-13(4-2-8-20)15(9-14)16(21)19-11-12-3-1-7-18-10-12/h1,3,5-7,9-10,20H,8,11H2,(H,19,21). The van der Waals surface area contributed by atoms with Crippen molar-refractivity contribution in [3.63, 3.8) is 0 Å². The van der Waals surface area contributed by atoms with Gasteiger partial charge in [0.2, 0.25) is 0 Å². The number of aliphatic hydroxyl groups excluding tert-OH is 1. The van der Waals surface area contributed by atoms with E-state index >= 15 is 0 Å². The highest BCUT2D eigenvalue weighted by molar-refractivity contribution is 5.96. The number of nitrogens with zero attached hydrogens (tertiary/aromatic N) is 1. The number of halogens is 1. The molecule has 21 heavy (non-hydrogen) atoms. The van der Waals surface area contributed by atoms with E-state index in [1.807, 2.05) is 6.07 Å². The van der Waals surface area contributed by atoms with E-state index in [4.69, 9.17) is 5.11 Å². The molecule has 0 aliphatic carbocycles. The molecule has 0 radical (unpaired) electrons.